The summed E-state index contributed by atoms with van der Waals surface area (Å²) >= 11 is 0. The maximum atomic E-state index is 13.6. The molecule has 1 saturated heterocycles. The van der Waals surface area contributed by atoms with Gasteiger partial charge in [0.15, 0.2) is 5.78 Å². The zero-order valence-corrected chi connectivity index (χ0v) is 20.5. The number of likely N-dealkylation sites (tertiary alicyclic amines) is 1. The van der Waals surface area contributed by atoms with Crippen LogP contribution >= 0.6 is 0 Å². The highest BCUT2D eigenvalue weighted by atomic mass is 19.1. The van der Waals surface area contributed by atoms with E-state index in [1.165, 1.54) is 17.0 Å². The zero-order chi connectivity index (χ0) is 25.0. The molecule has 0 aromatic heterocycles. The van der Waals surface area contributed by atoms with Gasteiger partial charge in [-0.25, -0.2) is 4.39 Å². The molecule has 1 amide bonds. The molecular weight excluding hydrogens is 435 g/mol. The molecule has 2 aromatic carbocycles. The third-order valence-corrected chi connectivity index (χ3v) is 6.27. The van der Waals surface area contributed by atoms with E-state index >= 15 is 0 Å². The first-order valence-electron chi connectivity index (χ1n) is 11.8. The van der Waals surface area contributed by atoms with Crippen LogP contribution in [0.2, 0.25) is 0 Å². The van der Waals surface area contributed by atoms with Gasteiger partial charge in [-0.1, -0.05) is 26.0 Å². The molecule has 0 bridgehead atoms. The Hall–Kier alpha value is -3.06. The molecule has 0 aliphatic carbocycles. The molecule has 3 rings (SSSR count). The SMILES string of the molecule is CCN(CC)CCN1C(=O)C(=O)C(C(=O)c2ccc(OC(C)C)c(C)c2)C1c1ccc(F)cc1. The van der Waals surface area contributed by atoms with Crippen LogP contribution in [0.5, 0.6) is 5.75 Å². The van der Waals surface area contributed by atoms with Crippen molar-refractivity contribution in [1.29, 1.82) is 0 Å². The fourth-order valence-electron chi connectivity index (χ4n) is 4.42. The Kier molecular flexibility index (Phi) is 8.20. The number of carbonyl (C=O) groups excluding carboxylic acids is 3. The molecule has 2 unspecified atom stereocenters. The van der Waals surface area contributed by atoms with Crippen LogP contribution in [-0.2, 0) is 9.59 Å². The summed E-state index contributed by atoms with van der Waals surface area (Å²) in [5.74, 6) is -2.76. The standard InChI is InChI=1S/C27H33FN2O4/c1-6-29(7-2)14-15-30-24(19-8-11-21(28)12-9-19)23(26(32)27(30)33)25(31)20-10-13-22(18(5)16-20)34-17(3)4/h8-13,16-17,23-24H,6-7,14-15H2,1-5H3. The average Bonchev–Trinajstić information content (AvgIpc) is 3.05. The first-order chi connectivity index (χ1) is 16.2. The highest BCUT2D eigenvalue weighted by molar-refractivity contribution is 6.44. The fraction of sp³-hybridized carbons (Fsp3) is 0.444. The fourth-order valence-corrected chi connectivity index (χ4v) is 4.42. The minimum Gasteiger partial charge on any atom is -0.491 e. The van der Waals surface area contributed by atoms with Gasteiger partial charge in [0, 0.05) is 18.7 Å². The third-order valence-electron chi connectivity index (χ3n) is 6.27. The highest BCUT2D eigenvalue weighted by Gasteiger charge is 2.51. The molecule has 1 fully saturated rings. The van der Waals surface area contributed by atoms with Crippen LogP contribution in [0, 0.1) is 18.7 Å². The van der Waals surface area contributed by atoms with Gasteiger partial charge in [0.25, 0.3) is 5.91 Å². The van der Waals surface area contributed by atoms with E-state index in [0.717, 1.165) is 18.7 Å². The Balaban J connectivity index is 1.98. The topological polar surface area (TPSA) is 66.9 Å². The summed E-state index contributed by atoms with van der Waals surface area (Å²) in [7, 11) is 0. The second kappa shape index (κ2) is 10.9. The minimum atomic E-state index is -1.19. The van der Waals surface area contributed by atoms with Crippen LogP contribution in [0.3, 0.4) is 0 Å². The smallest absolute Gasteiger partial charge is 0.291 e. The van der Waals surface area contributed by atoms with Crippen LogP contribution in [0.4, 0.5) is 4.39 Å². The first kappa shape index (κ1) is 25.6. The molecule has 0 saturated carbocycles. The molecule has 1 heterocycles. The monoisotopic (exact) mass is 468 g/mol. The van der Waals surface area contributed by atoms with E-state index in [0.29, 0.717) is 30.0 Å². The normalized spacial score (nSPS) is 18.3. The molecule has 182 valence electrons. The number of Topliss-reactive ketones (excluding diaryl/α,β-unsaturated/α-hetero) is 2. The van der Waals surface area contributed by atoms with Crippen molar-refractivity contribution in [3.05, 3.63) is 65.0 Å². The Bertz CT molecular complexity index is 1050. The van der Waals surface area contributed by atoms with Crippen LogP contribution in [-0.4, -0.2) is 59.6 Å². The molecule has 1 aliphatic heterocycles. The van der Waals surface area contributed by atoms with Crippen molar-refractivity contribution in [2.45, 2.75) is 46.8 Å². The lowest BCUT2D eigenvalue weighted by Gasteiger charge is -2.29. The second-order valence-corrected chi connectivity index (χ2v) is 8.87. The van der Waals surface area contributed by atoms with Gasteiger partial charge in [-0.05, 0) is 75.3 Å². The van der Waals surface area contributed by atoms with Crippen LogP contribution in [0.1, 0.15) is 55.2 Å². The third kappa shape index (κ3) is 5.36. The number of halogens is 1. The van der Waals surface area contributed by atoms with Crippen molar-refractivity contribution in [3.8, 4) is 5.75 Å². The number of nitrogens with zero attached hydrogens (tertiary/aromatic N) is 2. The van der Waals surface area contributed by atoms with Gasteiger partial charge in [0.1, 0.15) is 17.5 Å². The molecule has 6 nitrogen and oxygen atoms in total. The van der Waals surface area contributed by atoms with Crippen LogP contribution < -0.4 is 4.74 Å². The maximum absolute atomic E-state index is 13.6. The van der Waals surface area contributed by atoms with E-state index in [2.05, 4.69) is 4.90 Å². The molecule has 0 spiro atoms. The molecule has 7 heteroatoms. The molecule has 1 aliphatic rings. The summed E-state index contributed by atoms with van der Waals surface area (Å²) < 4.78 is 19.4. The van der Waals surface area contributed by atoms with Crippen molar-refractivity contribution >= 4 is 17.5 Å². The number of amides is 1. The number of rotatable bonds is 10. The minimum absolute atomic E-state index is 0.0171. The van der Waals surface area contributed by atoms with Crippen molar-refractivity contribution in [3.63, 3.8) is 0 Å². The Labute approximate surface area is 200 Å². The second-order valence-electron chi connectivity index (χ2n) is 8.87. The summed E-state index contributed by atoms with van der Waals surface area (Å²) in [5.41, 5.74) is 1.68. The number of hydrogen-bond acceptors (Lipinski definition) is 5. The van der Waals surface area contributed by atoms with E-state index in [-0.39, 0.29) is 6.10 Å². The van der Waals surface area contributed by atoms with Gasteiger partial charge in [0.2, 0.25) is 5.78 Å². The predicted octanol–water partition coefficient (Wildman–Crippen LogP) is 4.21. The number of aryl methyl sites for hydroxylation is 1. The number of benzene rings is 2. The van der Waals surface area contributed by atoms with Gasteiger partial charge >= 0.3 is 0 Å². The first-order valence-corrected chi connectivity index (χ1v) is 11.8. The van der Waals surface area contributed by atoms with Gasteiger partial charge in [-0.2, -0.15) is 0 Å². The van der Waals surface area contributed by atoms with E-state index < -0.39 is 35.3 Å². The molecule has 34 heavy (non-hydrogen) atoms. The molecule has 0 radical (unpaired) electrons. The number of likely N-dealkylation sites (N-methyl/N-ethyl adjacent to an activating group) is 1. The van der Waals surface area contributed by atoms with Crippen LogP contribution in [0.15, 0.2) is 42.5 Å². The summed E-state index contributed by atoms with van der Waals surface area (Å²) in [5, 5.41) is 0. The van der Waals surface area contributed by atoms with Gasteiger partial charge < -0.3 is 14.5 Å². The number of carbonyl (C=O) groups is 3. The lowest BCUT2D eigenvalue weighted by Crippen LogP contribution is -2.38. The van der Waals surface area contributed by atoms with E-state index in [4.69, 9.17) is 4.74 Å². The zero-order valence-electron chi connectivity index (χ0n) is 20.5. The largest absolute Gasteiger partial charge is 0.491 e. The highest BCUT2D eigenvalue weighted by Crippen LogP contribution is 2.38. The van der Waals surface area contributed by atoms with E-state index in [1.807, 2.05) is 34.6 Å². The summed E-state index contributed by atoms with van der Waals surface area (Å²) in [4.78, 5) is 43.4. The van der Waals surface area contributed by atoms with E-state index in [9.17, 15) is 18.8 Å². The molecule has 2 aromatic rings. The summed E-state index contributed by atoms with van der Waals surface area (Å²) in [6.07, 6.45) is -0.0171. The quantitative estimate of drug-likeness (QED) is 0.297. The summed E-state index contributed by atoms with van der Waals surface area (Å²) in [6.45, 7) is 12.2. The number of ketones is 2. The lowest BCUT2D eigenvalue weighted by atomic mass is 9.86. The van der Waals surface area contributed by atoms with Crippen molar-refractivity contribution in [2.24, 2.45) is 5.92 Å². The molecule has 2 atom stereocenters. The average molecular weight is 469 g/mol. The van der Waals surface area contributed by atoms with Gasteiger partial charge in [0.05, 0.1) is 12.1 Å². The predicted molar refractivity (Wildman–Crippen MR) is 128 cm³/mol. The Morgan fingerprint density at radius 3 is 2.29 bits per heavy atom. The lowest BCUT2D eigenvalue weighted by molar-refractivity contribution is -0.140. The van der Waals surface area contributed by atoms with E-state index in [1.54, 1.807) is 30.3 Å². The maximum Gasteiger partial charge on any atom is 0.291 e. The summed E-state index contributed by atoms with van der Waals surface area (Å²) in [6, 6.07) is 9.92. The van der Waals surface area contributed by atoms with Gasteiger partial charge in [-0.15, -0.1) is 0 Å². The van der Waals surface area contributed by atoms with Crippen molar-refractivity contribution in [2.75, 3.05) is 26.2 Å². The number of ether oxygens (including phenoxy) is 1. The molecule has 0 N–H and O–H groups in total. The van der Waals surface area contributed by atoms with Crippen molar-refractivity contribution in [1.82, 2.24) is 9.80 Å². The van der Waals surface area contributed by atoms with Crippen molar-refractivity contribution < 1.29 is 23.5 Å². The number of hydrogen-bond donors (Lipinski definition) is 0. The Morgan fingerprint density at radius 1 is 1.09 bits per heavy atom. The molecular formula is C27H33FN2O4. The Morgan fingerprint density at radius 2 is 1.74 bits per heavy atom. The van der Waals surface area contributed by atoms with Gasteiger partial charge in [-0.3, -0.25) is 14.4 Å². The van der Waals surface area contributed by atoms with Crippen LogP contribution in [0.25, 0.3) is 0 Å².